The average molecular weight is 305 g/mol. The van der Waals surface area contributed by atoms with Crippen molar-refractivity contribution in [3.05, 3.63) is 52.8 Å². The van der Waals surface area contributed by atoms with E-state index in [1.54, 1.807) is 18.0 Å². The summed E-state index contributed by atoms with van der Waals surface area (Å²) in [5, 5.41) is 3.25. The van der Waals surface area contributed by atoms with Crippen molar-refractivity contribution in [3.8, 4) is 0 Å². The molecule has 20 heavy (non-hydrogen) atoms. The molecule has 1 amide bonds. The van der Waals surface area contributed by atoms with Crippen molar-refractivity contribution in [2.45, 2.75) is 17.7 Å². The number of halogens is 1. The van der Waals surface area contributed by atoms with Crippen molar-refractivity contribution < 1.29 is 4.79 Å². The van der Waals surface area contributed by atoms with E-state index in [-0.39, 0.29) is 11.8 Å². The van der Waals surface area contributed by atoms with Crippen molar-refractivity contribution in [3.63, 3.8) is 0 Å². The van der Waals surface area contributed by atoms with Crippen LogP contribution in [0.25, 0.3) is 0 Å². The molecule has 2 heterocycles. The van der Waals surface area contributed by atoms with Crippen LogP contribution >= 0.6 is 23.4 Å². The Kier molecular flexibility index (Phi) is 3.68. The number of hydrogen-bond donors (Lipinski definition) is 1. The highest BCUT2D eigenvalue weighted by Gasteiger charge is 2.29. The van der Waals surface area contributed by atoms with E-state index in [2.05, 4.69) is 16.4 Å². The maximum atomic E-state index is 12.5. The lowest BCUT2D eigenvalue weighted by Gasteiger charge is -2.14. The molecule has 102 valence electrons. The number of benzene rings is 1. The van der Waals surface area contributed by atoms with Crippen molar-refractivity contribution in [2.24, 2.45) is 0 Å². The van der Waals surface area contributed by atoms with Gasteiger partial charge in [0.1, 0.15) is 0 Å². The van der Waals surface area contributed by atoms with Crippen LogP contribution in [0.4, 0.5) is 5.69 Å². The van der Waals surface area contributed by atoms with Crippen LogP contribution in [0.5, 0.6) is 0 Å². The predicted octanol–water partition coefficient (Wildman–Crippen LogP) is 3.87. The molecule has 3 nitrogen and oxygen atoms in total. The quantitative estimate of drug-likeness (QED) is 0.856. The Morgan fingerprint density at radius 1 is 1.40 bits per heavy atom. The summed E-state index contributed by atoms with van der Waals surface area (Å²) in [7, 11) is 0. The summed E-state index contributed by atoms with van der Waals surface area (Å²) in [5.41, 5.74) is 2.61. The monoisotopic (exact) mass is 304 g/mol. The van der Waals surface area contributed by atoms with Gasteiger partial charge in [-0.1, -0.05) is 29.8 Å². The summed E-state index contributed by atoms with van der Waals surface area (Å²) in [6.07, 6.45) is 1.63. The van der Waals surface area contributed by atoms with E-state index in [9.17, 15) is 4.79 Å². The Bertz CT molecular complexity index is 654. The molecule has 5 heteroatoms. The van der Waals surface area contributed by atoms with Gasteiger partial charge in [0.2, 0.25) is 5.91 Å². The van der Waals surface area contributed by atoms with E-state index >= 15 is 0 Å². The number of thioether (sulfide) groups is 1. The molecule has 2 aromatic rings. The summed E-state index contributed by atoms with van der Waals surface area (Å²) >= 11 is 7.76. The van der Waals surface area contributed by atoms with Crippen molar-refractivity contribution in [1.82, 2.24) is 4.98 Å². The minimum atomic E-state index is -0.133. The van der Waals surface area contributed by atoms with Gasteiger partial charge in [-0.15, -0.1) is 11.8 Å². The van der Waals surface area contributed by atoms with Gasteiger partial charge < -0.3 is 5.32 Å². The number of nitrogens with zero attached hydrogens (tertiary/aromatic N) is 1. The molecule has 1 aromatic heterocycles. The highest BCUT2D eigenvalue weighted by atomic mass is 35.5. The smallest absolute Gasteiger partial charge is 0.232 e. The molecular formula is C15H13ClN2OS. The van der Waals surface area contributed by atoms with Gasteiger partial charge >= 0.3 is 0 Å². The van der Waals surface area contributed by atoms with E-state index < -0.39 is 0 Å². The Hall–Kier alpha value is -1.52. The SMILES string of the molecule is Cc1ccnc(Cl)c1NC(=O)C1CSc2ccccc21. The summed E-state index contributed by atoms with van der Waals surface area (Å²) in [6, 6.07) is 9.85. The molecule has 1 aromatic carbocycles. The molecule has 1 aliphatic rings. The highest BCUT2D eigenvalue weighted by molar-refractivity contribution is 7.99. The highest BCUT2D eigenvalue weighted by Crippen LogP contribution is 2.40. The number of anilines is 1. The molecule has 1 aliphatic heterocycles. The maximum Gasteiger partial charge on any atom is 0.232 e. The molecule has 0 spiro atoms. The Balaban J connectivity index is 1.85. The lowest BCUT2D eigenvalue weighted by Crippen LogP contribution is -2.21. The summed E-state index contributed by atoms with van der Waals surface area (Å²) in [6.45, 7) is 1.90. The fourth-order valence-electron chi connectivity index (χ4n) is 2.27. The van der Waals surface area contributed by atoms with Gasteiger partial charge in [0.25, 0.3) is 0 Å². The zero-order valence-corrected chi connectivity index (χ0v) is 12.5. The minimum absolute atomic E-state index is 0.0274. The zero-order chi connectivity index (χ0) is 14.1. The number of nitrogens with one attached hydrogen (secondary N) is 1. The Morgan fingerprint density at radius 3 is 3.00 bits per heavy atom. The number of carbonyl (C=O) groups is 1. The van der Waals surface area contributed by atoms with Crippen LogP contribution in [0.15, 0.2) is 41.4 Å². The van der Waals surface area contributed by atoms with Gasteiger partial charge in [0, 0.05) is 16.8 Å². The first-order valence-corrected chi connectivity index (χ1v) is 7.67. The second-order valence-corrected chi connectivity index (χ2v) is 6.10. The normalized spacial score (nSPS) is 16.8. The molecule has 1 N–H and O–H groups in total. The number of rotatable bonds is 2. The van der Waals surface area contributed by atoms with Crippen LogP contribution in [-0.4, -0.2) is 16.6 Å². The number of aryl methyl sites for hydroxylation is 1. The number of carbonyl (C=O) groups excluding carboxylic acids is 1. The van der Waals surface area contributed by atoms with E-state index in [0.717, 1.165) is 16.9 Å². The van der Waals surface area contributed by atoms with Crippen LogP contribution in [-0.2, 0) is 4.79 Å². The second-order valence-electron chi connectivity index (χ2n) is 4.68. The Morgan fingerprint density at radius 2 is 2.20 bits per heavy atom. The van der Waals surface area contributed by atoms with Crippen molar-refractivity contribution >= 4 is 35.0 Å². The number of fused-ring (bicyclic) bond motifs is 1. The number of pyridine rings is 1. The third kappa shape index (κ3) is 2.41. The molecule has 1 atom stereocenters. The average Bonchev–Trinajstić information content (AvgIpc) is 2.87. The molecule has 1 unspecified atom stereocenters. The fourth-order valence-corrected chi connectivity index (χ4v) is 3.75. The molecule has 3 rings (SSSR count). The standard InChI is InChI=1S/C15H13ClN2OS/c1-9-6-7-17-14(16)13(9)18-15(19)11-8-20-12-5-3-2-4-10(11)12/h2-7,11H,8H2,1H3,(H,18,19). The number of amides is 1. The lowest BCUT2D eigenvalue weighted by molar-refractivity contribution is -0.117. The van der Waals surface area contributed by atoms with Gasteiger partial charge in [0.05, 0.1) is 11.6 Å². The van der Waals surface area contributed by atoms with Gasteiger partial charge in [-0.3, -0.25) is 4.79 Å². The molecule has 0 saturated heterocycles. The largest absolute Gasteiger partial charge is 0.323 e. The van der Waals surface area contributed by atoms with Crippen molar-refractivity contribution in [2.75, 3.05) is 11.1 Å². The van der Waals surface area contributed by atoms with Crippen LogP contribution in [0.3, 0.4) is 0 Å². The van der Waals surface area contributed by atoms with Crippen LogP contribution in [0.2, 0.25) is 5.15 Å². The first-order valence-electron chi connectivity index (χ1n) is 6.30. The summed E-state index contributed by atoms with van der Waals surface area (Å²) in [5.74, 6) is 0.606. The number of hydrogen-bond acceptors (Lipinski definition) is 3. The maximum absolute atomic E-state index is 12.5. The third-order valence-electron chi connectivity index (χ3n) is 3.38. The first-order chi connectivity index (χ1) is 9.66. The van der Waals surface area contributed by atoms with E-state index in [4.69, 9.17) is 11.6 Å². The van der Waals surface area contributed by atoms with Crippen molar-refractivity contribution in [1.29, 1.82) is 0 Å². The van der Waals surface area contributed by atoms with Gasteiger partial charge in [-0.2, -0.15) is 0 Å². The van der Waals surface area contributed by atoms with E-state index in [1.165, 1.54) is 4.90 Å². The molecular weight excluding hydrogens is 292 g/mol. The Labute approximate surface area is 126 Å². The van der Waals surface area contributed by atoms with E-state index in [0.29, 0.717) is 10.8 Å². The van der Waals surface area contributed by atoms with Gasteiger partial charge in [-0.25, -0.2) is 4.98 Å². The predicted molar refractivity (Wildman–Crippen MR) is 82.5 cm³/mol. The molecule has 0 bridgehead atoms. The van der Waals surface area contributed by atoms with E-state index in [1.807, 2.05) is 31.2 Å². The topological polar surface area (TPSA) is 42.0 Å². The lowest BCUT2D eigenvalue weighted by atomic mass is 10.0. The van der Waals surface area contributed by atoms with Gasteiger partial charge in [-0.05, 0) is 30.2 Å². The molecule has 0 radical (unpaired) electrons. The van der Waals surface area contributed by atoms with Crippen LogP contribution < -0.4 is 5.32 Å². The van der Waals surface area contributed by atoms with Crippen LogP contribution in [0.1, 0.15) is 17.0 Å². The molecule has 0 fully saturated rings. The summed E-state index contributed by atoms with van der Waals surface area (Å²) in [4.78, 5) is 17.7. The summed E-state index contributed by atoms with van der Waals surface area (Å²) < 4.78 is 0. The second kappa shape index (κ2) is 5.46. The zero-order valence-electron chi connectivity index (χ0n) is 10.9. The molecule has 0 saturated carbocycles. The van der Waals surface area contributed by atoms with Crippen LogP contribution in [0, 0.1) is 6.92 Å². The third-order valence-corrected chi connectivity index (χ3v) is 4.85. The first kappa shape index (κ1) is 13.5. The molecule has 0 aliphatic carbocycles. The number of aromatic nitrogens is 1. The minimum Gasteiger partial charge on any atom is -0.323 e. The fraction of sp³-hybridized carbons (Fsp3) is 0.200. The van der Waals surface area contributed by atoms with Gasteiger partial charge in [0.15, 0.2) is 5.15 Å².